The van der Waals surface area contributed by atoms with Crippen molar-refractivity contribution in [2.45, 2.75) is 129 Å². The van der Waals surface area contributed by atoms with Crippen LogP contribution in [0.15, 0.2) is 60.7 Å². The van der Waals surface area contributed by atoms with Gasteiger partial charge in [-0.2, -0.15) is 0 Å². The first kappa shape index (κ1) is 31.6. The zero-order valence-electron chi connectivity index (χ0n) is 24.2. The summed E-state index contributed by atoms with van der Waals surface area (Å²) in [5.41, 5.74) is 2.83. The molecular formula is C34H50O4. The lowest BCUT2D eigenvalue weighted by Crippen LogP contribution is -2.13. The molecule has 0 aliphatic heterocycles. The lowest BCUT2D eigenvalue weighted by atomic mass is 9.76. The molecule has 0 bridgehead atoms. The Kier molecular flexibility index (Phi) is 15.5. The van der Waals surface area contributed by atoms with Crippen molar-refractivity contribution in [3.8, 4) is 0 Å². The van der Waals surface area contributed by atoms with E-state index in [0.717, 1.165) is 64.2 Å². The van der Waals surface area contributed by atoms with Gasteiger partial charge in [0.05, 0.1) is 12.2 Å². The van der Waals surface area contributed by atoms with Crippen LogP contribution in [0.5, 0.6) is 0 Å². The summed E-state index contributed by atoms with van der Waals surface area (Å²) in [6.45, 7) is 7.59. The van der Waals surface area contributed by atoms with Gasteiger partial charge in [0.25, 0.3) is 0 Å². The number of ether oxygens (including phenoxy) is 2. The van der Waals surface area contributed by atoms with Crippen LogP contribution in [-0.2, 0) is 19.1 Å². The first-order valence-electron chi connectivity index (χ1n) is 14.9. The lowest BCUT2D eigenvalue weighted by Gasteiger charge is -2.29. The third kappa shape index (κ3) is 13.3. The van der Waals surface area contributed by atoms with E-state index in [1.165, 1.54) is 11.1 Å². The summed E-state index contributed by atoms with van der Waals surface area (Å²) in [4.78, 5) is 23.6. The largest absolute Gasteiger partial charge is 0.463 e. The average molecular weight is 523 g/mol. The van der Waals surface area contributed by atoms with Crippen LogP contribution in [0, 0.1) is 0 Å². The first-order chi connectivity index (χ1) is 18.4. The van der Waals surface area contributed by atoms with Crippen LogP contribution >= 0.6 is 0 Å². The van der Waals surface area contributed by atoms with Crippen molar-refractivity contribution >= 4 is 11.9 Å². The Bertz CT molecular complexity index is 816. The van der Waals surface area contributed by atoms with Gasteiger partial charge in [0.2, 0.25) is 0 Å². The van der Waals surface area contributed by atoms with E-state index >= 15 is 0 Å². The van der Waals surface area contributed by atoms with E-state index in [0.29, 0.717) is 24.7 Å². The van der Waals surface area contributed by atoms with Crippen LogP contribution < -0.4 is 0 Å². The zero-order chi connectivity index (χ0) is 27.6. The Hall–Kier alpha value is -2.62. The van der Waals surface area contributed by atoms with Crippen LogP contribution in [0.2, 0.25) is 0 Å². The fraction of sp³-hybridized carbons (Fsp3) is 0.588. The molecule has 0 aromatic heterocycles. The van der Waals surface area contributed by atoms with E-state index in [9.17, 15) is 9.59 Å². The maximum absolute atomic E-state index is 11.8. The minimum Gasteiger partial charge on any atom is -0.463 e. The highest BCUT2D eigenvalue weighted by Crippen LogP contribution is 2.40. The molecule has 0 fully saturated rings. The molecule has 2 unspecified atom stereocenters. The Morgan fingerprint density at radius 2 is 0.868 bits per heavy atom. The molecule has 4 heteroatoms. The maximum Gasteiger partial charge on any atom is 0.306 e. The second-order valence-corrected chi connectivity index (χ2v) is 11.0. The number of hydrogen-bond acceptors (Lipinski definition) is 4. The van der Waals surface area contributed by atoms with Crippen molar-refractivity contribution in [1.82, 2.24) is 0 Å². The second kappa shape index (κ2) is 18.6. The fourth-order valence-electron chi connectivity index (χ4n) is 5.22. The van der Waals surface area contributed by atoms with Gasteiger partial charge in [-0.3, -0.25) is 9.59 Å². The van der Waals surface area contributed by atoms with Gasteiger partial charge in [0.15, 0.2) is 0 Å². The summed E-state index contributed by atoms with van der Waals surface area (Å²) < 4.78 is 10.5. The number of rotatable bonds is 19. The standard InChI is InChI=1S/C34H50O4/c1-27(2)37-33(35)25-17-7-5-15-23-31(29-19-11-9-12-20-29)32(30-21-13-10-14-22-30)24-16-6-8-18-26-34(36)38-28(3)4/h9-14,19-22,27-28,31-32H,5-8,15-18,23-26H2,1-4H3. The van der Waals surface area contributed by atoms with E-state index < -0.39 is 0 Å². The minimum absolute atomic E-state index is 0.0366. The number of carbonyl (C=O) groups is 2. The summed E-state index contributed by atoms with van der Waals surface area (Å²) >= 11 is 0. The summed E-state index contributed by atoms with van der Waals surface area (Å²) in [5.74, 6) is 0.766. The molecule has 38 heavy (non-hydrogen) atoms. The third-order valence-electron chi connectivity index (χ3n) is 6.97. The second-order valence-electron chi connectivity index (χ2n) is 11.0. The van der Waals surface area contributed by atoms with Gasteiger partial charge < -0.3 is 9.47 Å². The highest BCUT2D eigenvalue weighted by Gasteiger charge is 2.24. The molecule has 0 heterocycles. The molecule has 210 valence electrons. The van der Waals surface area contributed by atoms with E-state index in [-0.39, 0.29) is 24.1 Å². The number of unbranched alkanes of at least 4 members (excludes halogenated alkanes) is 6. The molecule has 0 amide bonds. The number of hydrogen-bond donors (Lipinski definition) is 0. The van der Waals surface area contributed by atoms with Gasteiger partial charge in [-0.1, -0.05) is 99.2 Å². The van der Waals surface area contributed by atoms with Crippen molar-refractivity contribution in [3.63, 3.8) is 0 Å². The quantitative estimate of drug-likeness (QED) is 0.136. The van der Waals surface area contributed by atoms with Crippen molar-refractivity contribution in [3.05, 3.63) is 71.8 Å². The molecule has 2 atom stereocenters. The van der Waals surface area contributed by atoms with Crippen molar-refractivity contribution < 1.29 is 19.1 Å². The van der Waals surface area contributed by atoms with Gasteiger partial charge in [-0.05, 0) is 76.3 Å². The highest BCUT2D eigenvalue weighted by atomic mass is 16.5. The molecule has 0 aliphatic carbocycles. The summed E-state index contributed by atoms with van der Waals surface area (Å²) in [7, 11) is 0. The van der Waals surface area contributed by atoms with E-state index in [2.05, 4.69) is 60.7 Å². The lowest BCUT2D eigenvalue weighted by molar-refractivity contribution is -0.148. The molecule has 2 aromatic rings. The van der Waals surface area contributed by atoms with Crippen LogP contribution in [0.25, 0.3) is 0 Å². The van der Waals surface area contributed by atoms with Crippen molar-refractivity contribution in [1.29, 1.82) is 0 Å². The van der Waals surface area contributed by atoms with E-state index in [1.54, 1.807) is 0 Å². The Morgan fingerprint density at radius 1 is 0.526 bits per heavy atom. The predicted octanol–water partition coefficient (Wildman–Crippen LogP) is 9.14. The molecule has 2 aromatic carbocycles. The van der Waals surface area contributed by atoms with Gasteiger partial charge >= 0.3 is 11.9 Å². The summed E-state index contributed by atoms with van der Waals surface area (Å²) in [6, 6.07) is 21.9. The molecule has 2 rings (SSSR count). The summed E-state index contributed by atoms with van der Waals surface area (Å²) in [5, 5.41) is 0. The van der Waals surface area contributed by atoms with Crippen LogP contribution in [0.4, 0.5) is 0 Å². The molecule has 0 N–H and O–H groups in total. The minimum atomic E-state index is -0.0804. The monoisotopic (exact) mass is 522 g/mol. The Labute approximate surface area is 231 Å². The topological polar surface area (TPSA) is 52.6 Å². The fourth-order valence-corrected chi connectivity index (χ4v) is 5.22. The normalized spacial score (nSPS) is 12.9. The van der Waals surface area contributed by atoms with E-state index in [1.807, 2.05) is 27.7 Å². The molecule has 0 saturated carbocycles. The molecule has 0 aliphatic rings. The number of esters is 2. The van der Waals surface area contributed by atoms with Gasteiger partial charge in [0, 0.05) is 12.8 Å². The van der Waals surface area contributed by atoms with Crippen molar-refractivity contribution in [2.24, 2.45) is 0 Å². The van der Waals surface area contributed by atoms with Gasteiger partial charge in [-0.25, -0.2) is 0 Å². The molecule has 0 radical (unpaired) electrons. The predicted molar refractivity (Wildman–Crippen MR) is 156 cm³/mol. The smallest absolute Gasteiger partial charge is 0.306 e. The Balaban J connectivity index is 1.93. The van der Waals surface area contributed by atoms with Crippen LogP contribution in [-0.4, -0.2) is 24.1 Å². The zero-order valence-corrected chi connectivity index (χ0v) is 24.2. The third-order valence-corrected chi connectivity index (χ3v) is 6.97. The SMILES string of the molecule is CC(C)OC(=O)CCCCCCC(c1ccccc1)C(CCCCCCC(=O)OC(C)C)c1ccccc1. The van der Waals surface area contributed by atoms with Crippen LogP contribution in [0.3, 0.4) is 0 Å². The summed E-state index contributed by atoms with van der Waals surface area (Å²) in [6.07, 6.45) is 11.7. The van der Waals surface area contributed by atoms with Crippen LogP contribution in [0.1, 0.15) is 128 Å². The maximum atomic E-state index is 11.8. The molecule has 4 nitrogen and oxygen atoms in total. The Morgan fingerprint density at radius 3 is 1.21 bits per heavy atom. The van der Waals surface area contributed by atoms with E-state index in [4.69, 9.17) is 9.47 Å². The molecular weight excluding hydrogens is 472 g/mol. The number of carbonyl (C=O) groups excluding carboxylic acids is 2. The molecule has 0 spiro atoms. The van der Waals surface area contributed by atoms with Gasteiger partial charge in [-0.15, -0.1) is 0 Å². The molecule has 0 saturated heterocycles. The first-order valence-corrected chi connectivity index (χ1v) is 14.9. The number of benzene rings is 2. The van der Waals surface area contributed by atoms with Crippen molar-refractivity contribution in [2.75, 3.05) is 0 Å². The van der Waals surface area contributed by atoms with Gasteiger partial charge in [0.1, 0.15) is 0 Å². The highest BCUT2D eigenvalue weighted by molar-refractivity contribution is 5.69. The average Bonchev–Trinajstić information content (AvgIpc) is 2.88.